The molecule has 0 atom stereocenters. The predicted molar refractivity (Wildman–Crippen MR) is 190 cm³/mol. The SMILES string of the molecule is C=CC(=O)OCC(COC(=O)C=C)(COC(=O)CC)COC(=O)CCCCCCCNC(=O)OCC(COC(=O)C=C)(COC(=O)C=C)COC(=O)C=C. The van der Waals surface area contributed by atoms with Crippen LogP contribution in [0.25, 0.3) is 0 Å². The van der Waals surface area contributed by atoms with Crippen molar-refractivity contribution in [3.63, 3.8) is 0 Å². The second-order valence-corrected chi connectivity index (χ2v) is 11.8. The molecule has 0 heterocycles. The molecule has 1 N–H and O–H groups in total. The Morgan fingerprint density at radius 2 is 0.759 bits per heavy atom. The molecule has 0 unspecified atom stereocenters. The molecule has 0 aromatic rings. The molecule has 0 bridgehead atoms. The monoisotopic (exact) mass is 765 g/mol. The Hall–Kier alpha value is -5.74. The maximum atomic E-state index is 12.6. The van der Waals surface area contributed by atoms with E-state index < -0.39 is 98.3 Å². The van der Waals surface area contributed by atoms with Crippen LogP contribution in [-0.4, -0.2) is 107 Å². The molecule has 0 aromatic heterocycles. The third kappa shape index (κ3) is 22.3. The quantitative estimate of drug-likeness (QED) is 0.0480. The highest BCUT2D eigenvalue weighted by Gasteiger charge is 2.39. The molecule has 1 amide bonds. The minimum absolute atomic E-state index is 0.0440. The molecule has 0 saturated heterocycles. The van der Waals surface area contributed by atoms with Crippen LogP contribution in [0.3, 0.4) is 0 Å². The molecule has 0 aliphatic carbocycles. The molecule has 300 valence electrons. The van der Waals surface area contributed by atoms with Gasteiger partial charge in [-0.05, 0) is 12.8 Å². The Balaban J connectivity index is 4.96. The molecule has 17 heteroatoms. The molecular weight excluding hydrogens is 714 g/mol. The lowest BCUT2D eigenvalue weighted by Gasteiger charge is -2.31. The van der Waals surface area contributed by atoms with E-state index in [1.807, 2.05) is 0 Å². The summed E-state index contributed by atoms with van der Waals surface area (Å²) in [7, 11) is 0. The van der Waals surface area contributed by atoms with E-state index in [1.165, 1.54) is 0 Å². The van der Waals surface area contributed by atoms with Crippen molar-refractivity contribution in [1.82, 2.24) is 5.32 Å². The van der Waals surface area contributed by atoms with Crippen LogP contribution in [-0.2, 0) is 71.5 Å². The normalized spacial score (nSPS) is 10.6. The van der Waals surface area contributed by atoms with Gasteiger partial charge in [0.25, 0.3) is 0 Å². The number of ether oxygens (including phenoxy) is 8. The Labute approximate surface area is 314 Å². The zero-order valence-corrected chi connectivity index (χ0v) is 30.8. The zero-order valence-electron chi connectivity index (χ0n) is 30.8. The lowest BCUT2D eigenvalue weighted by atomic mass is 9.92. The maximum absolute atomic E-state index is 12.6. The predicted octanol–water partition coefficient (Wildman–Crippen LogP) is 3.17. The topological polar surface area (TPSA) is 222 Å². The van der Waals surface area contributed by atoms with Gasteiger partial charge in [0.1, 0.15) is 63.7 Å². The van der Waals surface area contributed by atoms with E-state index in [1.54, 1.807) is 6.92 Å². The number of rotatable bonds is 30. The molecule has 0 aliphatic heterocycles. The van der Waals surface area contributed by atoms with Gasteiger partial charge in [-0.2, -0.15) is 0 Å². The van der Waals surface area contributed by atoms with Gasteiger partial charge < -0.3 is 43.2 Å². The van der Waals surface area contributed by atoms with Crippen molar-refractivity contribution in [3.8, 4) is 0 Å². The van der Waals surface area contributed by atoms with Gasteiger partial charge in [0.05, 0.1) is 0 Å². The number of esters is 7. The summed E-state index contributed by atoms with van der Waals surface area (Å²) in [5.41, 5.74) is -2.85. The molecule has 17 nitrogen and oxygen atoms in total. The number of hydrogen-bond acceptors (Lipinski definition) is 16. The van der Waals surface area contributed by atoms with Crippen molar-refractivity contribution in [1.29, 1.82) is 0 Å². The first-order chi connectivity index (χ1) is 25.7. The van der Waals surface area contributed by atoms with Crippen LogP contribution in [0.1, 0.15) is 51.9 Å². The highest BCUT2D eigenvalue weighted by Crippen LogP contribution is 2.23. The first kappa shape index (κ1) is 48.3. The van der Waals surface area contributed by atoms with Crippen LogP contribution in [0.15, 0.2) is 63.3 Å². The van der Waals surface area contributed by atoms with E-state index in [0.717, 1.165) is 30.4 Å². The third-order valence-corrected chi connectivity index (χ3v) is 7.14. The molecule has 0 spiro atoms. The summed E-state index contributed by atoms with van der Waals surface area (Å²) in [5.74, 6) is -5.16. The second-order valence-electron chi connectivity index (χ2n) is 11.8. The third-order valence-electron chi connectivity index (χ3n) is 7.14. The lowest BCUT2D eigenvalue weighted by Crippen LogP contribution is -2.44. The Kier molecular flexibility index (Phi) is 24.9. The number of amides is 1. The van der Waals surface area contributed by atoms with Gasteiger partial charge in [0.2, 0.25) is 0 Å². The van der Waals surface area contributed by atoms with Gasteiger partial charge in [-0.1, -0.05) is 59.1 Å². The summed E-state index contributed by atoms with van der Waals surface area (Å²) in [4.78, 5) is 95.5. The highest BCUT2D eigenvalue weighted by molar-refractivity contribution is 5.83. The largest absolute Gasteiger partial charge is 0.465 e. The smallest absolute Gasteiger partial charge is 0.407 e. The van der Waals surface area contributed by atoms with Gasteiger partial charge in [-0.25, -0.2) is 28.8 Å². The number of carbonyl (C=O) groups excluding carboxylic acids is 8. The molecule has 0 aromatic carbocycles. The van der Waals surface area contributed by atoms with E-state index in [9.17, 15) is 38.4 Å². The molecule has 0 saturated carbocycles. The zero-order chi connectivity index (χ0) is 40.8. The van der Waals surface area contributed by atoms with Gasteiger partial charge in [0.15, 0.2) is 0 Å². The number of alkyl carbamates (subject to hydrolysis) is 1. The Bertz CT molecular complexity index is 1250. The van der Waals surface area contributed by atoms with Crippen LogP contribution < -0.4 is 5.32 Å². The van der Waals surface area contributed by atoms with Crippen molar-refractivity contribution in [2.75, 3.05) is 59.4 Å². The van der Waals surface area contributed by atoms with Crippen LogP contribution in [0.5, 0.6) is 0 Å². The number of carbonyl (C=O) groups is 8. The second kappa shape index (κ2) is 27.9. The van der Waals surface area contributed by atoms with Crippen molar-refractivity contribution < 1.29 is 76.3 Å². The lowest BCUT2D eigenvalue weighted by molar-refractivity contribution is -0.168. The number of nitrogens with one attached hydrogen (secondary N) is 1. The van der Waals surface area contributed by atoms with E-state index >= 15 is 0 Å². The molecule has 0 rings (SSSR count). The molecule has 0 aliphatic rings. The Morgan fingerprint density at radius 1 is 0.444 bits per heavy atom. The number of hydrogen-bond donors (Lipinski definition) is 1. The molecule has 0 radical (unpaired) electrons. The van der Waals surface area contributed by atoms with Gasteiger partial charge in [-0.15, -0.1) is 0 Å². The van der Waals surface area contributed by atoms with E-state index in [0.29, 0.717) is 32.1 Å². The first-order valence-corrected chi connectivity index (χ1v) is 16.9. The average Bonchev–Trinajstić information content (AvgIpc) is 3.19. The van der Waals surface area contributed by atoms with Crippen LogP contribution in [0.4, 0.5) is 4.79 Å². The van der Waals surface area contributed by atoms with Gasteiger partial charge >= 0.3 is 47.9 Å². The summed E-state index contributed by atoms with van der Waals surface area (Å²) in [6.45, 7) is 15.0. The van der Waals surface area contributed by atoms with Crippen molar-refractivity contribution in [3.05, 3.63) is 63.3 Å². The standard InChI is InChI=1S/C37H51NO16/c1-7-28(39)47-20-36(21-48-29(40)8-2,22-49-30(41)9-3)26-53-34(45)18-16-14-13-15-17-19-38-35(46)54-27-37(23-50-31(42)10-4,24-51-32(43)11-5)25-52-33(44)12-6/h7-8,10-12H,1-2,4-6,9,13-27H2,3H3,(H,38,46). The minimum atomic E-state index is -1.46. The minimum Gasteiger partial charge on any atom is -0.465 e. The Morgan fingerprint density at radius 3 is 1.13 bits per heavy atom. The van der Waals surface area contributed by atoms with E-state index in [-0.39, 0.29) is 32.6 Å². The average molecular weight is 766 g/mol. The van der Waals surface area contributed by atoms with Crippen molar-refractivity contribution >= 4 is 47.9 Å². The highest BCUT2D eigenvalue weighted by atomic mass is 16.6. The van der Waals surface area contributed by atoms with Gasteiger partial charge in [-0.3, -0.25) is 9.59 Å². The molecule has 54 heavy (non-hydrogen) atoms. The van der Waals surface area contributed by atoms with Gasteiger partial charge in [0, 0.05) is 49.8 Å². The first-order valence-electron chi connectivity index (χ1n) is 16.9. The van der Waals surface area contributed by atoms with Crippen molar-refractivity contribution in [2.24, 2.45) is 10.8 Å². The summed E-state index contributed by atoms with van der Waals surface area (Å²) in [6, 6.07) is 0. The summed E-state index contributed by atoms with van der Waals surface area (Å²) >= 11 is 0. The van der Waals surface area contributed by atoms with Crippen LogP contribution >= 0.6 is 0 Å². The fraction of sp³-hybridized carbons (Fsp3) is 0.514. The summed E-state index contributed by atoms with van der Waals surface area (Å²) in [5, 5.41) is 2.57. The van der Waals surface area contributed by atoms with E-state index in [4.69, 9.17) is 37.9 Å². The van der Waals surface area contributed by atoms with Crippen molar-refractivity contribution in [2.45, 2.75) is 51.9 Å². The molecular formula is C37H51NO16. The number of unbranched alkanes of at least 4 members (excludes halogenated alkanes) is 4. The fourth-order valence-electron chi connectivity index (χ4n) is 3.94. The van der Waals surface area contributed by atoms with E-state index in [2.05, 4.69) is 38.2 Å². The van der Waals surface area contributed by atoms with Crippen LogP contribution in [0, 0.1) is 10.8 Å². The summed E-state index contributed by atoms with van der Waals surface area (Å²) < 4.78 is 41.4. The maximum Gasteiger partial charge on any atom is 0.407 e. The summed E-state index contributed by atoms with van der Waals surface area (Å²) in [6.07, 6.45) is 6.87. The molecule has 0 fully saturated rings. The van der Waals surface area contributed by atoms with Crippen LogP contribution in [0.2, 0.25) is 0 Å². The fourth-order valence-corrected chi connectivity index (χ4v) is 3.94.